The van der Waals surface area contributed by atoms with Gasteiger partial charge in [0.05, 0.1) is 0 Å². The van der Waals surface area contributed by atoms with Crippen LogP contribution in [0.25, 0.3) is 0 Å². The summed E-state index contributed by atoms with van der Waals surface area (Å²) in [6, 6.07) is 4.69. The highest BCUT2D eigenvalue weighted by Crippen LogP contribution is 2.24. The van der Waals surface area contributed by atoms with Gasteiger partial charge in [0.15, 0.2) is 0 Å². The van der Waals surface area contributed by atoms with Crippen molar-refractivity contribution in [3.05, 3.63) is 28.2 Å². The number of amides is 1. The van der Waals surface area contributed by atoms with E-state index in [9.17, 15) is 13.6 Å². The molecule has 4 nitrogen and oxygen atoms in total. The summed E-state index contributed by atoms with van der Waals surface area (Å²) in [4.78, 5) is 11.6. The van der Waals surface area contributed by atoms with Crippen LogP contribution in [0.1, 0.15) is 18.4 Å². The number of benzene rings is 1. The van der Waals surface area contributed by atoms with E-state index >= 15 is 0 Å². The fourth-order valence-electron chi connectivity index (χ4n) is 1.61. The summed E-state index contributed by atoms with van der Waals surface area (Å²) in [5.41, 5.74) is 0.502. The minimum atomic E-state index is -2.89. The molecule has 0 aliphatic rings. The molecule has 21 heavy (non-hydrogen) atoms. The Hall–Kier alpha value is -0.920. The predicted octanol–water partition coefficient (Wildman–Crippen LogP) is 3.09. The van der Waals surface area contributed by atoms with E-state index in [1.807, 2.05) is 7.05 Å². The molecule has 0 unspecified atom stereocenters. The maximum Gasteiger partial charge on any atom is 0.387 e. The van der Waals surface area contributed by atoms with E-state index in [1.54, 1.807) is 12.1 Å². The van der Waals surface area contributed by atoms with Crippen LogP contribution in [0.4, 0.5) is 8.78 Å². The van der Waals surface area contributed by atoms with Gasteiger partial charge in [0.2, 0.25) is 5.91 Å². The highest BCUT2D eigenvalue weighted by Gasteiger charge is 2.11. The Morgan fingerprint density at radius 3 is 2.76 bits per heavy atom. The number of ether oxygens (including phenoxy) is 1. The molecule has 0 radical (unpaired) electrons. The van der Waals surface area contributed by atoms with E-state index in [0.717, 1.165) is 17.4 Å². The number of carbonyl (C=O) groups is 1. The maximum atomic E-state index is 12.3. The van der Waals surface area contributed by atoms with Crippen molar-refractivity contribution in [2.45, 2.75) is 26.0 Å². The summed E-state index contributed by atoms with van der Waals surface area (Å²) in [5.74, 6) is -0.0538. The second-order valence-electron chi connectivity index (χ2n) is 4.11. The number of hydrogen-bond donors (Lipinski definition) is 2. The van der Waals surface area contributed by atoms with Gasteiger partial charge in [-0.25, -0.2) is 0 Å². The lowest BCUT2D eigenvalue weighted by Gasteiger charge is -2.12. The van der Waals surface area contributed by atoms with Crippen LogP contribution in [0.15, 0.2) is 22.7 Å². The topological polar surface area (TPSA) is 50.4 Å². The van der Waals surface area contributed by atoms with Gasteiger partial charge in [0.1, 0.15) is 5.75 Å². The smallest absolute Gasteiger partial charge is 0.387 e. The van der Waals surface area contributed by atoms with Gasteiger partial charge >= 0.3 is 6.61 Å². The maximum absolute atomic E-state index is 12.3. The third kappa shape index (κ3) is 8.18. The second kappa shape index (κ2) is 10.8. The lowest BCUT2D eigenvalue weighted by atomic mass is 10.2. The third-order valence-corrected chi connectivity index (χ3v) is 3.04. The Labute approximate surface area is 137 Å². The number of halogens is 4. The second-order valence-corrected chi connectivity index (χ2v) is 5.03. The third-order valence-electron chi connectivity index (χ3n) is 2.55. The van der Waals surface area contributed by atoms with Crippen molar-refractivity contribution < 1.29 is 18.3 Å². The molecule has 1 rings (SSSR count). The van der Waals surface area contributed by atoms with Crippen LogP contribution in [0.2, 0.25) is 0 Å². The van der Waals surface area contributed by atoms with Crippen molar-refractivity contribution in [2.24, 2.45) is 0 Å². The number of rotatable bonds is 8. The van der Waals surface area contributed by atoms with Gasteiger partial charge in [0.25, 0.3) is 0 Å². The van der Waals surface area contributed by atoms with Gasteiger partial charge in [-0.3, -0.25) is 4.79 Å². The molecule has 2 N–H and O–H groups in total. The fraction of sp³-hybridized carbons (Fsp3) is 0.462. The minimum absolute atomic E-state index is 0. The van der Waals surface area contributed by atoms with Crippen molar-refractivity contribution in [1.82, 2.24) is 10.6 Å². The first kappa shape index (κ1) is 20.1. The van der Waals surface area contributed by atoms with E-state index in [0.29, 0.717) is 12.0 Å². The Morgan fingerprint density at radius 2 is 2.14 bits per heavy atom. The molecule has 8 heteroatoms. The highest BCUT2D eigenvalue weighted by molar-refractivity contribution is 9.10. The highest BCUT2D eigenvalue weighted by atomic mass is 79.9. The molecular formula is C13H18BrClF2N2O2. The van der Waals surface area contributed by atoms with Crippen LogP contribution in [0.5, 0.6) is 5.75 Å². The van der Waals surface area contributed by atoms with Gasteiger partial charge in [-0.2, -0.15) is 8.78 Å². The largest absolute Gasteiger partial charge is 0.434 e. The molecule has 0 aliphatic heterocycles. The van der Waals surface area contributed by atoms with Crippen molar-refractivity contribution in [1.29, 1.82) is 0 Å². The standard InChI is InChI=1S/C13H17BrF2N2O2.ClH/c1-17-6-2-3-12(19)18-8-9-7-10(14)4-5-11(9)20-13(15)16;/h4-5,7,13,17H,2-3,6,8H2,1H3,(H,18,19);1H. The van der Waals surface area contributed by atoms with Crippen LogP contribution in [0, 0.1) is 0 Å². The predicted molar refractivity (Wildman–Crippen MR) is 83.0 cm³/mol. The van der Waals surface area contributed by atoms with Gasteiger partial charge in [-0.15, -0.1) is 12.4 Å². The summed E-state index contributed by atoms with van der Waals surface area (Å²) in [5, 5.41) is 5.63. The van der Waals surface area contributed by atoms with E-state index in [4.69, 9.17) is 0 Å². The molecule has 0 aromatic heterocycles. The molecule has 0 spiro atoms. The van der Waals surface area contributed by atoms with E-state index in [2.05, 4.69) is 31.3 Å². The summed E-state index contributed by atoms with van der Waals surface area (Å²) in [6.45, 7) is -1.98. The van der Waals surface area contributed by atoms with Crippen molar-refractivity contribution in [3.8, 4) is 5.75 Å². The molecule has 0 saturated carbocycles. The zero-order valence-electron chi connectivity index (χ0n) is 11.5. The van der Waals surface area contributed by atoms with Crippen molar-refractivity contribution in [3.63, 3.8) is 0 Å². The molecule has 0 atom stereocenters. The van der Waals surface area contributed by atoms with E-state index in [1.165, 1.54) is 6.07 Å². The molecule has 0 heterocycles. The van der Waals surface area contributed by atoms with Crippen LogP contribution in [0.3, 0.4) is 0 Å². The summed E-state index contributed by atoms with van der Waals surface area (Å²) < 4.78 is 29.7. The summed E-state index contributed by atoms with van der Waals surface area (Å²) in [7, 11) is 1.81. The first-order chi connectivity index (χ1) is 9.52. The average molecular weight is 388 g/mol. The molecular weight excluding hydrogens is 370 g/mol. The number of nitrogens with one attached hydrogen (secondary N) is 2. The van der Waals surface area contributed by atoms with Gasteiger partial charge in [0, 0.05) is 23.0 Å². The quantitative estimate of drug-likeness (QED) is 0.674. The molecule has 0 fully saturated rings. The number of hydrogen-bond acceptors (Lipinski definition) is 3. The lowest BCUT2D eigenvalue weighted by Crippen LogP contribution is -2.24. The Bertz CT molecular complexity index is 450. The number of alkyl halides is 2. The van der Waals surface area contributed by atoms with Crippen molar-refractivity contribution in [2.75, 3.05) is 13.6 Å². The average Bonchev–Trinajstić information content (AvgIpc) is 2.39. The lowest BCUT2D eigenvalue weighted by molar-refractivity contribution is -0.121. The van der Waals surface area contributed by atoms with Crippen LogP contribution >= 0.6 is 28.3 Å². The minimum Gasteiger partial charge on any atom is -0.434 e. The molecule has 0 bridgehead atoms. The fourth-order valence-corrected chi connectivity index (χ4v) is 2.01. The SMILES string of the molecule is CNCCCC(=O)NCc1cc(Br)ccc1OC(F)F.Cl. The molecule has 1 aromatic rings. The molecule has 1 aromatic carbocycles. The van der Waals surface area contributed by atoms with Gasteiger partial charge in [-0.1, -0.05) is 15.9 Å². The van der Waals surface area contributed by atoms with Crippen LogP contribution < -0.4 is 15.4 Å². The first-order valence-corrected chi connectivity index (χ1v) is 6.96. The monoisotopic (exact) mass is 386 g/mol. The summed E-state index contributed by atoms with van der Waals surface area (Å²) >= 11 is 3.26. The van der Waals surface area contributed by atoms with Crippen molar-refractivity contribution >= 4 is 34.2 Å². The molecule has 0 saturated heterocycles. The molecule has 120 valence electrons. The Balaban J connectivity index is 0.00000400. The Morgan fingerprint density at radius 1 is 1.43 bits per heavy atom. The van der Waals surface area contributed by atoms with Crippen LogP contribution in [-0.4, -0.2) is 26.1 Å². The molecule has 1 amide bonds. The first-order valence-electron chi connectivity index (χ1n) is 6.17. The van der Waals surface area contributed by atoms with E-state index in [-0.39, 0.29) is 30.6 Å². The van der Waals surface area contributed by atoms with E-state index < -0.39 is 6.61 Å². The normalized spacial score (nSPS) is 10.1. The zero-order valence-corrected chi connectivity index (χ0v) is 13.9. The zero-order chi connectivity index (χ0) is 15.0. The van der Waals surface area contributed by atoms with Gasteiger partial charge in [-0.05, 0) is 38.2 Å². The van der Waals surface area contributed by atoms with Gasteiger partial charge < -0.3 is 15.4 Å². The number of carbonyl (C=O) groups excluding carboxylic acids is 1. The summed E-state index contributed by atoms with van der Waals surface area (Å²) in [6.07, 6.45) is 1.11. The Kier molecular flexibility index (Phi) is 10.3. The molecule has 0 aliphatic carbocycles. The van der Waals surface area contributed by atoms with Crippen LogP contribution in [-0.2, 0) is 11.3 Å².